The minimum Gasteiger partial charge on any atom is -0.440 e. The van der Waals surface area contributed by atoms with Crippen LogP contribution in [-0.4, -0.2) is 24.1 Å². The second-order valence-electron chi connectivity index (χ2n) is 6.93. The molecule has 0 atom stereocenters. The molecule has 0 radical (unpaired) electrons. The summed E-state index contributed by atoms with van der Waals surface area (Å²) >= 11 is 7.60. The zero-order valence-corrected chi connectivity index (χ0v) is 17.1. The number of nitrogens with zero attached hydrogens (tertiary/aromatic N) is 1. The summed E-state index contributed by atoms with van der Waals surface area (Å²) in [6.07, 6.45) is 1.62. The minimum atomic E-state index is -0.450. The number of halogens is 1. The highest BCUT2D eigenvalue weighted by Crippen LogP contribution is 2.33. The molecule has 1 saturated heterocycles. The van der Waals surface area contributed by atoms with Gasteiger partial charge < -0.3 is 14.5 Å². The number of rotatable bonds is 5. The fraction of sp³-hybridized carbons (Fsp3) is 0.333. The summed E-state index contributed by atoms with van der Waals surface area (Å²) < 4.78 is 11.3. The predicted molar refractivity (Wildman–Crippen MR) is 110 cm³/mol. The lowest BCUT2D eigenvalue weighted by molar-refractivity contribution is -0.124. The van der Waals surface area contributed by atoms with Gasteiger partial charge in [-0.15, -0.1) is 11.3 Å². The lowest BCUT2D eigenvalue weighted by Gasteiger charge is -2.38. The molecule has 4 rings (SSSR count). The molecule has 0 unspecified atom stereocenters. The maximum atomic E-state index is 12.9. The van der Waals surface area contributed by atoms with E-state index in [0.717, 1.165) is 23.3 Å². The minimum absolute atomic E-state index is 0.0778. The molecule has 3 aromatic rings. The van der Waals surface area contributed by atoms with Crippen molar-refractivity contribution in [3.05, 3.63) is 63.8 Å². The summed E-state index contributed by atoms with van der Waals surface area (Å²) in [6.45, 7) is 3.05. The smallest absolute Gasteiger partial charge is 0.236 e. The second-order valence-corrected chi connectivity index (χ2v) is 8.31. The number of carbonyl (C=O) groups excluding carboxylic acids is 1. The first-order valence-corrected chi connectivity index (χ1v) is 10.5. The molecular formula is C21H21ClN2O3S. The molecule has 0 saturated carbocycles. The van der Waals surface area contributed by atoms with Crippen molar-refractivity contribution >= 4 is 28.8 Å². The number of ether oxygens (including phenoxy) is 1. The first-order valence-electron chi connectivity index (χ1n) is 9.21. The highest BCUT2D eigenvalue weighted by atomic mass is 35.5. The van der Waals surface area contributed by atoms with Crippen LogP contribution < -0.4 is 5.32 Å². The Morgan fingerprint density at radius 2 is 2.00 bits per heavy atom. The second kappa shape index (κ2) is 8.07. The van der Waals surface area contributed by atoms with Gasteiger partial charge in [-0.25, -0.2) is 4.98 Å². The molecule has 146 valence electrons. The Morgan fingerprint density at radius 3 is 2.68 bits per heavy atom. The number of hydrogen-bond acceptors (Lipinski definition) is 5. The maximum absolute atomic E-state index is 12.9. The van der Waals surface area contributed by atoms with E-state index in [4.69, 9.17) is 20.8 Å². The van der Waals surface area contributed by atoms with Gasteiger partial charge in [0.15, 0.2) is 0 Å². The van der Waals surface area contributed by atoms with Crippen LogP contribution in [0.5, 0.6) is 0 Å². The van der Waals surface area contributed by atoms with E-state index in [-0.39, 0.29) is 12.3 Å². The van der Waals surface area contributed by atoms with Gasteiger partial charge in [-0.1, -0.05) is 29.8 Å². The first kappa shape index (κ1) is 19.2. The SMILES string of the molecule is Cc1oc(-c2cccs2)nc1CC(=O)NC1(c2ccc(Cl)cc2)CCOCC1. The molecule has 2 aromatic heterocycles. The monoisotopic (exact) mass is 416 g/mol. The molecule has 1 fully saturated rings. The fourth-order valence-electron chi connectivity index (χ4n) is 3.54. The number of thiophene rings is 1. The molecule has 0 aliphatic carbocycles. The average molecular weight is 417 g/mol. The Balaban J connectivity index is 1.53. The van der Waals surface area contributed by atoms with Gasteiger partial charge in [-0.05, 0) is 48.9 Å². The molecule has 5 nitrogen and oxygen atoms in total. The third-order valence-electron chi connectivity index (χ3n) is 5.07. The van der Waals surface area contributed by atoms with Crippen LogP contribution >= 0.6 is 22.9 Å². The highest BCUT2D eigenvalue weighted by molar-refractivity contribution is 7.13. The van der Waals surface area contributed by atoms with Crippen LogP contribution in [0.3, 0.4) is 0 Å². The van der Waals surface area contributed by atoms with E-state index >= 15 is 0 Å². The van der Waals surface area contributed by atoms with Gasteiger partial charge in [0.25, 0.3) is 0 Å². The number of aryl methyl sites for hydroxylation is 1. The maximum Gasteiger partial charge on any atom is 0.236 e. The molecule has 28 heavy (non-hydrogen) atoms. The summed E-state index contributed by atoms with van der Waals surface area (Å²) in [5, 5.41) is 5.90. The Labute approximate surface area is 172 Å². The van der Waals surface area contributed by atoms with Crippen LogP contribution in [0.1, 0.15) is 29.9 Å². The Kier molecular flexibility index (Phi) is 5.53. The molecule has 1 aromatic carbocycles. The van der Waals surface area contributed by atoms with Crippen LogP contribution in [0.2, 0.25) is 5.02 Å². The van der Waals surface area contributed by atoms with Gasteiger partial charge in [0.1, 0.15) is 5.76 Å². The molecule has 0 bridgehead atoms. The number of amides is 1. The van der Waals surface area contributed by atoms with Crippen LogP contribution in [-0.2, 0) is 21.5 Å². The standard InChI is InChI=1S/C21H21ClN2O3S/c1-14-17(23-20(27-14)18-3-2-12-28-18)13-19(25)24-21(8-10-26-11-9-21)15-4-6-16(22)7-5-15/h2-7,12H,8-11,13H2,1H3,(H,24,25). The molecule has 1 amide bonds. The number of benzene rings is 1. The molecule has 1 N–H and O–H groups in total. The molecule has 7 heteroatoms. The van der Waals surface area contributed by atoms with Gasteiger partial charge in [0.05, 0.1) is 22.5 Å². The Hall–Kier alpha value is -2.15. The summed E-state index contributed by atoms with van der Waals surface area (Å²) in [5.74, 6) is 1.16. The third-order valence-corrected chi connectivity index (χ3v) is 6.18. The van der Waals surface area contributed by atoms with Gasteiger partial charge in [0, 0.05) is 18.2 Å². The lowest BCUT2D eigenvalue weighted by Crippen LogP contribution is -2.50. The number of hydrogen-bond donors (Lipinski definition) is 1. The lowest BCUT2D eigenvalue weighted by atomic mass is 9.82. The van der Waals surface area contributed by atoms with E-state index in [0.29, 0.717) is 35.6 Å². The molecule has 1 aliphatic heterocycles. The van der Waals surface area contributed by atoms with Crippen LogP contribution in [0.25, 0.3) is 10.8 Å². The van der Waals surface area contributed by atoms with Crippen molar-refractivity contribution in [3.63, 3.8) is 0 Å². The Morgan fingerprint density at radius 1 is 1.25 bits per heavy atom. The molecule has 1 aliphatic rings. The van der Waals surface area contributed by atoms with Crippen molar-refractivity contribution in [2.24, 2.45) is 0 Å². The van der Waals surface area contributed by atoms with Gasteiger partial charge in [-0.2, -0.15) is 0 Å². The summed E-state index contributed by atoms with van der Waals surface area (Å²) in [5.41, 5.74) is 1.26. The van der Waals surface area contributed by atoms with E-state index in [1.54, 1.807) is 11.3 Å². The van der Waals surface area contributed by atoms with E-state index in [2.05, 4.69) is 10.3 Å². The van der Waals surface area contributed by atoms with E-state index < -0.39 is 5.54 Å². The average Bonchev–Trinajstić information content (AvgIpc) is 3.33. The van der Waals surface area contributed by atoms with Crippen LogP contribution in [0, 0.1) is 6.92 Å². The number of aromatic nitrogens is 1. The Bertz CT molecular complexity index is 945. The van der Waals surface area contributed by atoms with Crippen molar-refractivity contribution in [1.29, 1.82) is 0 Å². The van der Waals surface area contributed by atoms with Crippen LogP contribution in [0.15, 0.2) is 46.2 Å². The summed E-state index contributed by atoms with van der Waals surface area (Å²) in [6, 6.07) is 11.6. The van der Waals surface area contributed by atoms with E-state index in [9.17, 15) is 4.79 Å². The van der Waals surface area contributed by atoms with Crippen molar-refractivity contribution in [3.8, 4) is 10.8 Å². The molecular weight excluding hydrogens is 396 g/mol. The third kappa shape index (κ3) is 3.99. The normalized spacial score (nSPS) is 16.1. The quantitative estimate of drug-likeness (QED) is 0.653. The topological polar surface area (TPSA) is 64.4 Å². The largest absolute Gasteiger partial charge is 0.440 e. The van der Waals surface area contributed by atoms with Crippen molar-refractivity contribution in [2.75, 3.05) is 13.2 Å². The molecule has 3 heterocycles. The van der Waals surface area contributed by atoms with E-state index in [1.165, 1.54) is 0 Å². The van der Waals surface area contributed by atoms with Crippen molar-refractivity contribution in [2.45, 2.75) is 31.7 Å². The number of nitrogens with one attached hydrogen (secondary N) is 1. The van der Waals surface area contributed by atoms with E-state index in [1.807, 2.05) is 48.7 Å². The zero-order valence-electron chi connectivity index (χ0n) is 15.5. The summed E-state index contributed by atoms with van der Waals surface area (Å²) in [7, 11) is 0. The number of carbonyl (C=O) groups is 1. The first-order chi connectivity index (χ1) is 13.6. The van der Waals surface area contributed by atoms with Gasteiger partial charge >= 0.3 is 0 Å². The van der Waals surface area contributed by atoms with Crippen molar-refractivity contribution < 1.29 is 13.9 Å². The number of oxazole rings is 1. The fourth-order valence-corrected chi connectivity index (χ4v) is 4.31. The summed E-state index contributed by atoms with van der Waals surface area (Å²) in [4.78, 5) is 18.4. The van der Waals surface area contributed by atoms with Crippen LogP contribution in [0.4, 0.5) is 0 Å². The van der Waals surface area contributed by atoms with Gasteiger partial charge in [0.2, 0.25) is 11.8 Å². The zero-order chi connectivity index (χ0) is 19.6. The predicted octanol–water partition coefficient (Wildman–Crippen LogP) is 4.73. The van der Waals surface area contributed by atoms with Crippen molar-refractivity contribution in [1.82, 2.24) is 10.3 Å². The van der Waals surface area contributed by atoms with Gasteiger partial charge in [-0.3, -0.25) is 4.79 Å². The highest BCUT2D eigenvalue weighted by Gasteiger charge is 2.36. The molecule has 0 spiro atoms.